The Morgan fingerprint density at radius 2 is 2.11 bits per heavy atom. The average molecular weight is 285 g/mol. The molecule has 1 aromatic rings. The van der Waals surface area contributed by atoms with Crippen molar-refractivity contribution in [2.45, 2.75) is 31.2 Å². The monoisotopic (exact) mass is 285 g/mol. The lowest BCUT2D eigenvalue weighted by molar-refractivity contribution is -0.116. The highest BCUT2D eigenvalue weighted by molar-refractivity contribution is 7.89. The molecule has 0 aliphatic carbocycles. The predicted octanol–water partition coefficient (Wildman–Crippen LogP) is 0.661. The molecule has 0 aromatic heterocycles. The van der Waals surface area contributed by atoms with Gasteiger partial charge in [-0.3, -0.25) is 4.79 Å². The number of rotatable bonds is 6. The Morgan fingerprint density at radius 1 is 1.42 bits per heavy atom. The molecule has 0 radical (unpaired) electrons. The zero-order valence-corrected chi connectivity index (χ0v) is 11.8. The van der Waals surface area contributed by atoms with Crippen LogP contribution in [0, 0.1) is 0 Å². The highest BCUT2D eigenvalue weighted by atomic mass is 32.2. The minimum atomic E-state index is -3.76. The molecular weight excluding hydrogens is 266 g/mol. The second-order valence-electron chi connectivity index (χ2n) is 4.28. The van der Waals surface area contributed by atoms with Gasteiger partial charge in [-0.1, -0.05) is 13.0 Å². The van der Waals surface area contributed by atoms with E-state index in [9.17, 15) is 13.2 Å². The Balaban J connectivity index is 2.70. The first-order chi connectivity index (χ1) is 8.82. The molecule has 1 amide bonds. The topological polar surface area (TPSA) is 101 Å². The maximum Gasteiger partial charge on any atom is 0.238 e. The molecule has 1 unspecified atom stereocenters. The van der Waals surface area contributed by atoms with Gasteiger partial charge in [0.05, 0.1) is 4.90 Å². The molecule has 7 heteroatoms. The molecule has 0 spiro atoms. The van der Waals surface area contributed by atoms with Crippen LogP contribution in [0.2, 0.25) is 0 Å². The number of anilines is 1. The van der Waals surface area contributed by atoms with Gasteiger partial charge in [0.15, 0.2) is 0 Å². The van der Waals surface area contributed by atoms with E-state index in [1.54, 1.807) is 6.07 Å². The number of nitrogens with one attached hydrogen (secondary N) is 2. The summed E-state index contributed by atoms with van der Waals surface area (Å²) in [7, 11) is -3.76. The van der Waals surface area contributed by atoms with E-state index in [0.717, 1.165) is 6.54 Å². The van der Waals surface area contributed by atoms with Gasteiger partial charge in [-0.2, -0.15) is 0 Å². The lowest BCUT2D eigenvalue weighted by atomic mass is 10.2. The number of carbonyl (C=O) groups is 1. The third-order valence-electron chi connectivity index (χ3n) is 2.49. The van der Waals surface area contributed by atoms with Crippen molar-refractivity contribution in [1.29, 1.82) is 0 Å². The van der Waals surface area contributed by atoms with E-state index in [1.165, 1.54) is 18.2 Å². The van der Waals surface area contributed by atoms with Gasteiger partial charge >= 0.3 is 0 Å². The molecule has 19 heavy (non-hydrogen) atoms. The summed E-state index contributed by atoms with van der Waals surface area (Å²) in [5, 5.41) is 10.8. The first-order valence-electron chi connectivity index (χ1n) is 5.99. The fourth-order valence-electron chi connectivity index (χ4n) is 1.66. The summed E-state index contributed by atoms with van der Waals surface area (Å²) in [5.41, 5.74) is 0.417. The predicted molar refractivity (Wildman–Crippen MR) is 74.2 cm³/mol. The second kappa shape index (κ2) is 6.65. The van der Waals surface area contributed by atoms with E-state index in [2.05, 4.69) is 10.6 Å². The summed E-state index contributed by atoms with van der Waals surface area (Å²) in [4.78, 5) is 11.7. The van der Waals surface area contributed by atoms with Crippen LogP contribution in [0.5, 0.6) is 0 Å². The van der Waals surface area contributed by atoms with Gasteiger partial charge in [0.2, 0.25) is 15.9 Å². The van der Waals surface area contributed by atoms with Crippen molar-refractivity contribution in [2.24, 2.45) is 5.14 Å². The molecule has 0 saturated heterocycles. The van der Waals surface area contributed by atoms with Crippen LogP contribution in [0.3, 0.4) is 0 Å². The third kappa shape index (κ3) is 5.37. The Bertz CT molecular complexity index is 543. The van der Waals surface area contributed by atoms with Crippen LogP contribution in [0.15, 0.2) is 29.2 Å². The Hall–Kier alpha value is -1.44. The highest BCUT2D eigenvalue weighted by Gasteiger charge is 2.11. The zero-order chi connectivity index (χ0) is 14.5. The largest absolute Gasteiger partial charge is 0.326 e. The van der Waals surface area contributed by atoms with Crippen LogP contribution in [0.1, 0.15) is 20.3 Å². The Kier molecular flexibility index (Phi) is 5.46. The van der Waals surface area contributed by atoms with Gasteiger partial charge in [-0.05, 0) is 31.7 Å². The molecule has 6 nitrogen and oxygen atoms in total. The minimum Gasteiger partial charge on any atom is -0.326 e. The van der Waals surface area contributed by atoms with Gasteiger partial charge in [0, 0.05) is 18.2 Å². The van der Waals surface area contributed by atoms with Crippen LogP contribution < -0.4 is 15.8 Å². The van der Waals surface area contributed by atoms with Crippen molar-refractivity contribution in [1.82, 2.24) is 5.32 Å². The van der Waals surface area contributed by atoms with E-state index in [4.69, 9.17) is 5.14 Å². The van der Waals surface area contributed by atoms with Gasteiger partial charge < -0.3 is 10.6 Å². The fraction of sp³-hybridized carbons (Fsp3) is 0.417. The van der Waals surface area contributed by atoms with Crippen molar-refractivity contribution in [2.75, 3.05) is 11.9 Å². The summed E-state index contributed by atoms with van der Waals surface area (Å²) in [6.07, 6.45) is 0.313. The molecule has 0 heterocycles. The number of nitrogens with two attached hydrogens (primary N) is 1. The fourth-order valence-corrected chi connectivity index (χ4v) is 2.22. The maximum absolute atomic E-state index is 11.7. The maximum atomic E-state index is 11.7. The lowest BCUT2D eigenvalue weighted by Gasteiger charge is -2.12. The highest BCUT2D eigenvalue weighted by Crippen LogP contribution is 2.14. The average Bonchev–Trinajstić information content (AvgIpc) is 2.28. The molecule has 0 fully saturated rings. The SMILES string of the molecule is CCNC(C)CC(=O)Nc1cccc(S(N)(=O)=O)c1. The number of benzene rings is 1. The zero-order valence-electron chi connectivity index (χ0n) is 11.0. The molecule has 1 aromatic carbocycles. The van der Waals surface area contributed by atoms with E-state index in [1.807, 2.05) is 13.8 Å². The lowest BCUT2D eigenvalue weighted by Crippen LogP contribution is -2.30. The molecule has 1 rings (SSSR count). The van der Waals surface area contributed by atoms with E-state index in [0.29, 0.717) is 12.1 Å². The van der Waals surface area contributed by atoms with Crippen molar-refractivity contribution >= 4 is 21.6 Å². The first kappa shape index (κ1) is 15.6. The van der Waals surface area contributed by atoms with Crippen molar-refractivity contribution in [3.63, 3.8) is 0 Å². The smallest absolute Gasteiger partial charge is 0.238 e. The summed E-state index contributed by atoms with van der Waals surface area (Å²) >= 11 is 0. The summed E-state index contributed by atoms with van der Waals surface area (Å²) in [5.74, 6) is -0.181. The van der Waals surface area contributed by atoms with E-state index >= 15 is 0 Å². The molecule has 0 aliphatic heterocycles. The number of carbonyl (C=O) groups excluding carboxylic acids is 1. The summed E-state index contributed by atoms with van der Waals surface area (Å²) in [6.45, 7) is 4.66. The third-order valence-corrected chi connectivity index (χ3v) is 3.40. The number of amides is 1. The van der Waals surface area contributed by atoms with Gasteiger partial charge in [0.1, 0.15) is 0 Å². The van der Waals surface area contributed by atoms with Crippen LogP contribution >= 0.6 is 0 Å². The van der Waals surface area contributed by atoms with Crippen molar-refractivity contribution < 1.29 is 13.2 Å². The van der Waals surface area contributed by atoms with E-state index < -0.39 is 10.0 Å². The molecule has 0 aliphatic rings. The Morgan fingerprint density at radius 3 is 2.68 bits per heavy atom. The van der Waals surface area contributed by atoms with E-state index in [-0.39, 0.29) is 16.8 Å². The van der Waals surface area contributed by atoms with Crippen molar-refractivity contribution in [3.8, 4) is 0 Å². The molecule has 0 bridgehead atoms. The molecule has 1 atom stereocenters. The molecule has 4 N–H and O–H groups in total. The molecule has 0 saturated carbocycles. The second-order valence-corrected chi connectivity index (χ2v) is 5.85. The van der Waals surface area contributed by atoms with Crippen molar-refractivity contribution in [3.05, 3.63) is 24.3 Å². The normalized spacial score (nSPS) is 13.0. The summed E-state index contributed by atoms with van der Waals surface area (Å²) in [6, 6.07) is 5.93. The minimum absolute atomic E-state index is 0.0231. The van der Waals surface area contributed by atoms with Crippen LogP contribution in [-0.2, 0) is 14.8 Å². The quantitative estimate of drug-likeness (QED) is 0.714. The van der Waals surface area contributed by atoms with Gasteiger partial charge in [0.25, 0.3) is 0 Å². The van der Waals surface area contributed by atoms with Crippen LogP contribution in [-0.4, -0.2) is 26.9 Å². The van der Waals surface area contributed by atoms with Gasteiger partial charge in [-0.25, -0.2) is 13.6 Å². The first-order valence-corrected chi connectivity index (χ1v) is 7.53. The number of hydrogen-bond acceptors (Lipinski definition) is 4. The molecular formula is C12H19N3O3S. The summed E-state index contributed by atoms with van der Waals surface area (Å²) < 4.78 is 22.4. The van der Waals surface area contributed by atoms with Crippen LogP contribution in [0.4, 0.5) is 5.69 Å². The van der Waals surface area contributed by atoms with Gasteiger partial charge in [-0.15, -0.1) is 0 Å². The van der Waals surface area contributed by atoms with Crippen LogP contribution in [0.25, 0.3) is 0 Å². The number of sulfonamides is 1. The Labute approximate surface area is 113 Å². The number of primary sulfonamides is 1. The number of hydrogen-bond donors (Lipinski definition) is 3. The standard InChI is InChI=1S/C12H19N3O3S/c1-3-14-9(2)7-12(16)15-10-5-4-6-11(8-10)19(13,17)18/h4-6,8-9,14H,3,7H2,1-2H3,(H,15,16)(H2,13,17,18). The molecule has 106 valence electrons.